The van der Waals surface area contributed by atoms with Gasteiger partial charge in [0, 0.05) is 98.8 Å². The van der Waals surface area contributed by atoms with E-state index in [4.69, 9.17) is 0 Å². The van der Waals surface area contributed by atoms with Crippen molar-refractivity contribution in [3.05, 3.63) is 361 Å². The summed E-state index contributed by atoms with van der Waals surface area (Å²) < 4.78 is 15.2. The van der Waals surface area contributed by atoms with Gasteiger partial charge >= 0.3 is 0 Å². The molecule has 0 N–H and O–H groups in total. The van der Waals surface area contributed by atoms with Gasteiger partial charge in [0.15, 0.2) is 0 Å². The van der Waals surface area contributed by atoms with Crippen LogP contribution in [0.1, 0.15) is 152 Å². The number of aromatic nitrogens is 6. The average molecular weight is 1570 g/mol. The molecule has 0 spiro atoms. The summed E-state index contributed by atoms with van der Waals surface area (Å²) in [5.74, 6) is 1.56. The molecule has 0 saturated heterocycles. The maximum Gasteiger partial charge on any atom is 0.240 e. The summed E-state index contributed by atoms with van der Waals surface area (Å²) in [6.07, 6.45) is 0. The Morgan fingerprint density at radius 1 is 0.164 bits per heavy atom. The molecule has 0 bridgehead atoms. The van der Waals surface area contributed by atoms with E-state index >= 15 is 0 Å². The van der Waals surface area contributed by atoms with E-state index in [1.165, 1.54) is 175 Å². The molecule has 1 aliphatic heterocycles. The predicted molar refractivity (Wildman–Crippen MR) is 526 cm³/mol. The third kappa shape index (κ3) is 11.0. The zero-order valence-corrected chi connectivity index (χ0v) is 71.5. The summed E-state index contributed by atoms with van der Waals surface area (Å²) in [6.45, 7) is 28.7. The molecular formula is C114H96B2N6. The van der Waals surface area contributed by atoms with Crippen molar-refractivity contribution in [1.29, 1.82) is 0 Å². The van der Waals surface area contributed by atoms with E-state index in [0.717, 1.165) is 56.2 Å². The lowest BCUT2D eigenvalue weighted by molar-refractivity contribution is 0.812. The van der Waals surface area contributed by atoms with Crippen LogP contribution in [0.3, 0.4) is 0 Å². The van der Waals surface area contributed by atoms with Crippen molar-refractivity contribution in [3.63, 3.8) is 0 Å². The quantitative estimate of drug-likeness (QED) is 0.0972. The smallest absolute Gasteiger partial charge is 0.240 e. The normalized spacial score (nSPS) is 12.8. The Bertz CT molecular complexity index is 7120. The molecule has 6 nitrogen and oxygen atoms in total. The molecule has 122 heavy (non-hydrogen) atoms. The van der Waals surface area contributed by atoms with Crippen LogP contribution in [-0.2, 0) is 0 Å². The van der Waals surface area contributed by atoms with Crippen molar-refractivity contribution >= 4 is 177 Å². The molecule has 0 fully saturated rings. The van der Waals surface area contributed by atoms with E-state index in [9.17, 15) is 0 Å². The van der Waals surface area contributed by atoms with Crippen LogP contribution in [0.4, 0.5) is 0 Å². The average Bonchev–Trinajstić information content (AvgIpc) is 0.884. The fourth-order valence-electron chi connectivity index (χ4n) is 22.0. The Morgan fingerprint density at radius 2 is 0.344 bits per heavy atom. The number of rotatable bonds is 14. The van der Waals surface area contributed by atoms with E-state index in [-0.39, 0.29) is 37.1 Å². The van der Waals surface area contributed by atoms with Crippen molar-refractivity contribution in [2.45, 2.75) is 119 Å². The van der Waals surface area contributed by atoms with Crippen LogP contribution in [-0.4, -0.2) is 40.8 Å². The van der Waals surface area contributed by atoms with Gasteiger partial charge in [-0.25, -0.2) is 0 Å². The molecule has 1 aliphatic rings. The second-order valence-electron chi connectivity index (χ2n) is 36.6. The van der Waals surface area contributed by atoms with Gasteiger partial charge in [0.2, 0.25) is 13.4 Å². The van der Waals surface area contributed by atoms with Crippen LogP contribution in [0.15, 0.2) is 328 Å². The summed E-state index contributed by atoms with van der Waals surface area (Å²) in [5.41, 5.74) is 37.8. The molecule has 0 atom stereocenters. The molecular weight excluding hydrogens is 1470 g/mol. The predicted octanol–water partition coefficient (Wildman–Crippen LogP) is 26.4. The minimum absolute atomic E-state index is 0.128. The van der Waals surface area contributed by atoms with Crippen molar-refractivity contribution in [2.75, 3.05) is 0 Å². The third-order valence-electron chi connectivity index (χ3n) is 27.7. The van der Waals surface area contributed by atoms with Crippen LogP contribution >= 0.6 is 0 Å². The Morgan fingerprint density at radius 3 is 0.549 bits per heavy atom. The molecule has 0 saturated carbocycles. The first kappa shape index (κ1) is 73.6. The van der Waals surface area contributed by atoms with Gasteiger partial charge in [0.05, 0.1) is 66.2 Å². The fourth-order valence-corrected chi connectivity index (χ4v) is 22.0. The molecule has 23 rings (SSSR count). The molecule has 8 heteroatoms. The molecule has 6 aromatic heterocycles. The van der Waals surface area contributed by atoms with Gasteiger partial charge in [-0.2, -0.15) is 0 Å². The number of nitrogens with zero attached hydrogens (tertiary/aromatic N) is 6. The van der Waals surface area contributed by atoms with Crippen molar-refractivity contribution in [2.24, 2.45) is 0 Å². The zero-order chi connectivity index (χ0) is 82.5. The summed E-state index contributed by atoms with van der Waals surface area (Å²) >= 11 is 0. The van der Waals surface area contributed by atoms with Crippen molar-refractivity contribution < 1.29 is 0 Å². The molecule has 0 aliphatic carbocycles. The molecule has 0 unspecified atom stereocenters. The number of hydrogen-bond acceptors (Lipinski definition) is 0. The van der Waals surface area contributed by atoms with Gasteiger partial charge in [-0.1, -0.05) is 298 Å². The minimum atomic E-state index is -0.207. The highest BCUT2D eigenvalue weighted by Gasteiger charge is 2.44. The lowest BCUT2D eigenvalue weighted by Gasteiger charge is -2.38. The van der Waals surface area contributed by atoms with Gasteiger partial charge in [0.25, 0.3) is 0 Å². The van der Waals surface area contributed by atoms with Crippen molar-refractivity contribution in [3.8, 4) is 34.1 Å². The van der Waals surface area contributed by atoms with Crippen LogP contribution in [0.5, 0.6) is 0 Å². The standard InChI is InChI=1S/C114H96B2N6/c1-67(2)73-57-89(69(5)6)113(90(58-73)70(7)8)115-97-51-45-79(121-109-53-47-75(117-101-37-21-13-29-81(101)82-30-14-22-38-102(82)117)61-93(109)94-62-76(48-54-110(94)121)118-103-39-23-15-31-83(103)84-32-16-24-40-104(84)118)65-99(97)116(114-91(71(9)10)59-74(68(3)4)60-92(114)72(11)12)100-66-80(46-52-98(100)115)122-111-55-49-77(119-105-41-25-17-33-85(105)86-34-18-26-42-106(86)119)63-95(111)96-64-78(50-56-112(96)122)120-107-43-27-19-35-87(107)88-36-20-28-44-108(88)120/h13-72H,1-12H3. The number of fused-ring (bicyclic) bond motifs is 20. The van der Waals surface area contributed by atoms with Crippen LogP contribution < -0.4 is 32.8 Å². The molecule has 0 amide bonds. The van der Waals surface area contributed by atoms with E-state index in [0.29, 0.717) is 11.8 Å². The first-order valence-corrected chi connectivity index (χ1v) is 44.3. The SMILES string of the molecule is CC(C)c1cc(C(C)C)c(B2c3ccc(-n4c5ccc(-n6c7ccccc7c7ccccc76)cc5c5cc(-n6c7ccccc7c7ccccc76)ccc54)cc3B(c3c(C(C)C)cc(C(C)C)cc3C(C)C)c3cc(-n4c5ccc(-n6c7ccccc7c7ccccc76)cc5c5cc(-n6c7ccccc7c7ccccc76)ccc54)ccc32)c(C(C)C)c1. The summed E-state index contributed by atoms with van der Waals surface area (Å²) in [4.78, 5) is 0. The minimum Gasteiger partial charge on any atom is -0.309 e. The van der Waals surface area contributed by atoms with Gasteiger partial charge in [-0.05, 0) is 214 Å². The number of benzene rings is 16. The van der Waals surface area contributed by atoms with E-state index < -0.39 is 0 Å². The van der Waals surface area contributed by atoms with Gasteiger partial charge in [0.1, 0.15) is 0 Å². The highest BCUT2D eigenvalue weighted by Crippen LogP contribution is 2.44. The van der Waals surface area contributed by atoms with E-state index in [2.05, 4.69) is 438 Å². The maximum atomic E-state index is 2.69. The Balaban J connectivity index is 0.827. The zero-order valence-electron chi connectivity index (χ0n) is 71.5. The fraction of sp³-hybridized carbons (Fsp3) is 0.158. The highest BCUT2D eigenvalue weighted by molar-refractivity contribution is 7.11. The van der Waals surface area contributed by atoms with E-state index in [1.807, 2.05) is 0 Å². The molecule has 7 heterocycles. The Hall–Kier alpha value is -13.6. The molecule has 0 radical (unpaired) electrons. The van der Waals surface area contributed by atoms with Crippen molar-refractivity contribution in [1.82, 2.24) is 27.4 Å². The Labute approximate surface area is 713 Å². The first-order valence-electron chi connectivity index (χ1n) is 44.3. The summed E-state index contributed by atoms with van der Waals surface area (Å²) in [7, 11) is 0. The topological polar surface area (TPSA) is 29.6 Å². The van der Waals surface area contributed by atoms with Gasteiger partial charge < -0.3 is 27.4 Å². The first-order chi connectivity index (χ1) is 59.5. The second-order valence-corrected chi connectivity index (χ2v) is 36.6. The van der Waals surface area contributed by atoms with Crippen LogP contribution in [0.25, 0.3) is 165 Å². The second kappa shape index (κ2) is 28.0. The lowest BCUT2D eigenvalue weighted by atomic mass is 9.20. The summed E-state index contributed by atoms with van der Waals surface area (Å²) in [5, 5.41) is 14.8. The number of hydrogen-bond donors (Lipinski definition) is 0. The largest absolute Gasteiger partial charge is 0.309 e. The monoisotopic (exact) mass is 1570 g/mol. The molecule has 588 valence electrons. The van der Waals surface area contributed by atoms with Crippen LogP contribution in [0.2, 0.25) is 0 Å². The third-order valence-corrected chi connectivity index (χ3v) is 27.7. The lowest BCUT2D eigenvalue weighted by Crippen LogP contribution is -2.76. The number of para-hydroxylation sites is 8. The summed E-state index contributed by atoms with van der Waals surface area (Å²) in [6, 6.07) is 127. The maximum absolute atomic E-state index is 2.69. The Kier molecular flexibility index (Phi) is 16.9. The molecule has 16 aromatic carbocycles. The highest BCUT2D eigenvalue weighted by atomic mass is 15.0. The van der Waals surface area contributed by atoms with Gasteiger partial charge in [-0.3, -0.25) is 0 Å². The molecule has 22 aromatic rings. The van der Waals surface area contributed by atoms with Crippen LogP contribution in [0, 0.1) is 0 Å². The van der Waals surface area contributed by atoms with E-state index in [1.54, 1.807) is 0 Å². The van der Waals surface area contributed by atoms with Gasteiger partial charge in [-0.15, -0.1) is 0 Å².